The van der Waals surface area contributed by atoms with Crippen molar-refractivity contribution in [1.29, 1.82) is 0 Å². The maximum absolute atomic E-state index is 9.24. The first-order valence-electron chi connectivity index (χ1n) is 2.68. The van der Waals surface area contributed by atoms with Crippen LogP contribution in [0.15, 0.2) is 0 Å². The monoisotopic (exact) mass is 187 g/mol. The van der Waals surface area contributed by atoms with Gasteiger partial charge in [0, 0.05) is 0 Å². The van der Waals surface area contributed by atoms with Gasteiger partial charge in [-0.2, -0.15) is 0 Å². The van der Waals surface area contributed by atoms with Crippen LogP contribution in [-0.4, -0.2) is 45.6 Å². The predicted octanol–water partition coefficient (Wildman–Crippen LogP) is -1.45. The molecule has 70 valence electrons. The number of hydrogen-bond donors (Lipinski definition) is 5. The molecule has 0 atom stereocenters. The van der Waals surface area contributed by atoms with Gasteiger partial charge in [-0.25, -0.2) is 0 Å². The Bertz CT molecular complexity index is 120. The molecular weight excluding hydrogens is 173 g/mol. The quantitative estimate of drug-likeness (QED) is 0.320. The fraction of sp³-hybridized carbons (Fsp3) is 0.750. The van der Waals surface area contributed by atoms with Crippen molar-refractivity contribution < 1.29 is 24.6 Å². The minimum Gasteiger partial charge on any atom is -0.480 e. The fourth-order valence-corrected chi connectivity index (χ4v) is 0. The van der Waals surface area contributed by atoms with Gasteiger partial charge in [-0.15, -0.1) is 0 Å². The largest absolute Gasteiger partial charge is 0.480 e. The minimum atomic E-state index is -4.05. The van der Waals surface area contributed by atoms with Gasteiger partial charge in [0.05, 0.1) is 6.54 Å². The van der Waals surface area contributed by atoms with Gasteiger partial charge in [0.2, 0.25) is 0 Å². The molecule has 0 aliphatic carbocycles. The molecule has 0 saturated carbocycles. The van der Waals surface area contributed by atoms with E-state index in [0.29, 0.717) is 0 Å². The van der Waals surface area contributed by atoms with Crippen molar-refractivity contribution >= 4 is 13.3 Å². The van der Waals surface area contributed by atoms with E-state index in [2.05, 4.69) is 5.73 Å². The van der Waals surface area contributed by atoms with Crippen LogP contribution in [0.3, 0.4) is 0 Å². The molecule has 7 heteroatoms. The van der Waals surface area contributed by atoms with Gasteiger partial charge in [-0.05, 0) is 0 Å². The van der Waals surface area contributed by atoms with E-state index in [0.717, 1.165) is 13.3 Å². The Balaban J connectivity index is 0. The van der Waals surface area contributed by atoms with Crippen LogP contribution >= 0.6 is 7.28 Å². The first-order valence-corrected chi connectivity index (χ1v) is 5.67. The second-order valence-corrected chi connectivity index (χ2v) is 6.34. The number of nitrogens with two attached hydrogens (primary N) is 1. The number of hydrogen-bond acceptors (Lipinski definition) is 5. The zero-order valence-electron chi connectivity index (χ0n) is 6.43. The molecule has 0 spiro atoms. The molecule has 11 heavy (non-hydrogen) atoms. The molecule has 0 radical (unpaired) electrons. The van der Waals surface area contributed by atoms with E-state index in [1.165, 1.54) is 0 Å². The zero-order valence-corrected chi connectivity index (χ0v) is 7.32. The summed E-state index contributed by atoms with van der Waals surface area (Å²) < 4.78 is 0. The molecule has 0 fully saturated rings. The van der Waals surface area contributed by atoms with Crippen molar-refractivity contribution in [3.8, 4) is 0 Å². The molecular formula is C4H14NO5P. The molecule has 0 aromatic carbocycles. The van der Waals surface area contributed by atoms with Crippen LogP contribution in [0.2, 0.25) is 0 Å². The maximum Gasteiger partial charge on any atom is 0.317 e. The molecule has 0 heterocycles. The van der Waals surface area contributed by atoms with Gasteiger partial charge in [-0.1, -0.05) is 0 Å². The van der Waals surface area contributed by atoms with Crippen LogP contribution in [0.25, 0.3) is 0 Å². The van der Waals surface area contributed by atoms with Crippen molar-refractivity contribution in [2.45, 2.75) is 0 Å². The molecule has 0 aromatic rings. The number of carbonyl (C=O) groups is 1. The van der Waals surface area contributed by atoms with Gasteiger partial charge < -0.3 is 10.8 Å². The van der Waals surface area contributed by atoms with Crippen LogP contribution < -0.4 is 5.73 Å². The molecule has 6 nitrogen and oxygen atoms in total. The van der Waals surface area contributed by atoms with Crippen molar-refractivity contribution in [3.05, 3.63) is 0 Å². The van der Waals surface area contributed by atoms with E-state index in [-0.39, 0.29) is 6.54 Å². The number of carboxylic acid groups (broad SMARTS) is 1. The summed E-state index contributed by atoms with van der Waals surface area (Å²) in [6, 6.07) is 0. The smallest absolute Gasteiger partial charge is 0.317 e. The number of rotatable bonds is 1. The molecule has 0 bridgehead atoms. The average Bonchev–Trinajstić information content (AvgIpc) is 1.59. The van der Waals surface area contributed by atoms with E-state index >= 15 is 0 Å². The van der Waals surface area contributed by atoms with E-state index < -0.39 is 13.3 Å². The summed E-state index contributed by atoms with van der Waals surface area (Å²) in [6.07, 6.45) is 0. The van der Waals surface area contributed by atoms with Crippen LogP contribution in [0.1, 0.15) is 0 Å². The van der Waals surface area contributed by atoms with Gasteiger partial charge in [0.1, 0.15) is 0 Å². The maximum atomic E-state index is 9.24. The molecule has 6 N–H and O–H groups in total. The molecule has 0 aliphatic rings. The number of aliphatic carboxylic acids is 1. The summed E-state index contributed by atoms with van der Waals surface area (Å²) in [5.41, 5.74) is 4.57. The molecule has 0 aliphatic heterocycles. The topological polar surface area (TPSA) is 124 Å². The Morgan fingerprint density at radius 1 is 1.36 bits per heavy atom. The summed E-state index contributed by atoms with van der Waals surface area (Å²) in [4.78, 5) is 33.9. The second kappa shape index (κ2) is 3.94. The summed E-state index contributed by atoms with van der Waals surface area (Å²) in [5.74, 6) is -0.968. The average molecular weight is 187 g/mol. The van der Waals surface area contributed by atoms with Gasteiger partial charge in [0.25, 0.3) is 0 Å². The molecule has 0 aromatic heterocycles. The van der Waals surface area contributed by atoms with E-state index in [1.807, 2.05) is 0 Å². The third kappa shape index (κ3) is 193. The molecule has 0 unspecified atom stereocenters. The predicted molar refractivity (Wildman–Crippen MR) is 42.1 cm³/mol. The Morgan fingerprint density at radius 3 is 1.45 bits per heavy atom. The Hall–Kier alpha value is -0.260. The fourth-order valence-electron chi connectivity index (χ4n) is 0. The third-order valence-corrected chi connectivity index (χ3v) is 0.175. The molecule has 0 amide bonds. The number of carboxylic acids is 1. The third-order valence-electron chi connectivity index (χ3n) is 0.175. The summed E-state index contributed by atoms with van der Waals surface area (Å²) in [5, 5.41) is 7.60. The van der Waals surface area contributed by atoms with Crippen LogP contribution in [0.4, 0.5) is 0 Å². The summed E-state index contributed by atoms with van der Waals surface area (Å²) >= 11 is 0. The Labute approximate surface area is 64.4 Å². The van der Waals surface area contributed by atoms with Gasteiger partial charge >= 0.3 is 41.3 Å². The van der Waals surface area contributed by atoms with E-state index in [1.54, 1.807) is 0 Å². The zero-order chi connectivity index (χ0) is 9.73. The van der Waals surface area contributed by atoms with Gasteiger partial charge in [-0.3, -0.25) is 4.79 Å². The standard InChI is InChI=1S/C2H5NO2.C2H9O3P/c3-1-2(4)5;1-6(2,3,4)5/h1,3H2,(H,4,5);3-5H,1-2H3. The molecule has 0 saturated heterocycles. The SMILES string of the molecule is CP(C)(O)(O)O.NCC(=O)O. The minimum absolute atomic E-state index is 0.278. The van der Waals surface area contributed by atoms with E-state index in [4.69, 9.17) is 19.8 Å². The Kier molecular flexibility index (Phi) is 4.78. The van der Waals surface area contributed by atoms with Crippen molar-refractivity contribution in [2.24, 2.45) is 5.73 Å². The summed E-state index contributed by atoms with van der Waals surface area (Å²) in [6.45, 7) is 1.73. The summed E-state index contributed by atoms with van der Waals surface area (Å²) in [7, 11) is -4.05. The van der Waals surface area contributed by atoms with Crippen LogP contribution in [-0.2, 0) is 4.79 Å². The van der Waals surface area contributed by atoms with Crippen molar-refractivity contribution in [2.75, 3.05) is 19.9 Å². The Morgan fingerprint density at radius 2 is 1.45 bits per heavy atom. The van der Waals surface area contributed by atoms with E-state index in [9.17, 15) is 4.79 Å². The van der Waals surface area contributed by atoms with Crippen LogP contribution in [0.5, 0.6) is 0 Å². The normalized spacial score (nSPS) is 13.8. The molecule has 0 rings (SSSR count). The van der Waals surface area contributed by atoms with Gasteiger partial charge in [0.15, 0.2) is 0 Å². The first kappa shape index (κ1) is 13.3. The van der Waals surface area contributed by atoms with Crippen molar-refractivity contribution in [3.63, 3.8) is 0 Å². The van der Waals surface area contributed by atoms with Crippen LogP contribution in [0, 0.1) is 0 Å². The second-order valence-electron chi connectivity index (χ2n) is 2.51. The van der Waals surface area contributed by atoms with Crippen molar-refractivity contribution in [1.82, 2.24) is 0 Å². The first-order chi connectivity index (χ1) is 4.51.